The zero-order valence-electron chi connectivity index (χ0n) is 16.1. The van der Waals surface area contributed by atoms with Gasteiger partial charge in [-0.15, -0.1) is 0 Å². The molecule has 0 saturated carbocycles. The van der Waals surface area contributed by atoms with Crippen molar-refractivity contribution in [2.45, 2.75) is 6.92 Å². The normalized spacial score (nSPS) is 11.6. The van der Waals surface area contributed by atoms with E-state index in [1.807, 2.05) is 67.6 Å². The number of hydrogen-bond donors (Lipinski definition) is 2. The van der Waals surface area contributed by atoms with E-state index in [2.05, 4.69) is 10.5 Å². The second kappa shape index (κ2) is 7.64. The highest BCUT2D eigenvalue weighted by molar-refractivity contribution is 6.05. The summed E-state index contributed by atoms with van der Waals surface area (Å²) in [5.41, 5.74) is 4.28. The first-order chi connectivity index (χ1) is 14.0. The fourth-order valence-corrected chi connectivity index (χ4v) is 3.25. The molecular formula is C24H20N2O3. The number of carbonyl (C=O) groups is 1. The molecule has 5 nitrogen and oxygen atoms in total. The summed E-state index contributed by atoms with van der Waals surface area (Å²) in [7, 11) is 1.64. The van der Waals surface area contributed by atoms with Crippen LogP contribution < -0.4 is 10.2 Å². The molecule has 4 rings (SSSR count). The molecule has 0 fully saturated rings. The molecule has 0 radical (unpaired) electrons. The molecular weight excluding hydrogens is 364 g/mol. The number of hydrazone groups is 1. The summed E-state index contributed by atoms with van der Waals surface area (Å²) < 4.78 is 5.25. The highest BCUT2D eigenvalue weighted by Gasteiger charge is 2.12. The van der Waals surface area contributed by atoms with Gasteiger partial charge in [-0.25, -0.2) is 5.43 Å². The van der Waals surface area contributed by atoms with Crippen molar-refractivity contribution < 1.29 is 14.6 Å². The van der Waals surface area contributed by atoms with E-state index in [9.17, 15) is 9.90 Å². The van der Waals surface area contributed by atoms with Crippen LogP contribution in [-0.4, -0.2) is 23.8 Å². The third-order valence-electron chi connectivity index (χ3n) is 4.90. The minimum absolute atomic E-state index is 0.0753. The second-order valence-electron chi connectivity index (χ2n) is 6.78. The number of fused-ring (bicyclic) bond motifs is 2. The number of methoxy groups -OCH3 is 1. The Labute approximate surface area is 168 Å². The number of amides is 1. The van der Waals surface area contributed by atoms with E-state index in [1.165, 1.54) is 0 Å². The molecule has 0 aliphatic rings. The number of ether oxygens (including phenoxy) is 1. The van der Waals surface area contributed by atoms with Gasteiger partial charge in [-0.3, -0.25) is 4.79 Å². The predicted octanol–water partition coefficient (Wildman–Crippen LogP) is 4.86. The van der Waals surface area contributed by atoms with E-state index in [0.717, 1.165) is 32.9 Å². The highest BCUT2D eigenvalue weighted by Crippen LogP contribution is 2.25. The van der Waals surface area contributed by atoms with Gasteiger partial charge < -0.3 is 9.84 Å². The largest absolute Gasteiger partial charge is 0.507 e. The van der Waals surface area contributed by atoms with Crippen LogP contribution in [0.3, 0.4) is 0 Å². The van der Waals surface area contributed by atoms with Gasteiger partial charge in [-0.1, -0.05) is 42.5 Å². The van der Waals surface area contributed by atoms with Gasteiger partial charge in [0.2, 0.25) is 0 Å². The van der Waals surface area contributed by atoms with Crippen molar-refractivity contribution in [2.24, 2.45) is 5.10 Å². The van der Waals surface area contributed by atoms with Crippen molar-refractivity contribution in [2.75, 3.05) is 7.11 Å². The summed E-state index contributed by atoms with van der Waals surface area (Å²) in [5.74, 6) is 0.268. The number of benzene rings is 4. The fraction of sp³-hybridized carbons (Fsp3) is 0.0833. The predicted molar refractivity (Wildman–Crippen MR) is 116 cm³/mol. The molecule has 4 aromatic carbocycles. The van der Waals surface area contributed by atoms with Gasteiger partial charge >= 0.3 is 0 Å². The Kier molecular flexibility index (Phi) is 4.87. The van der Waals surface area contributed by atoms with E-state index in [4.69, 9.17) is 4.74 Å². The number of phenols is 1. The summed E-state index contributed by atoms with van der Waals surface area (Å²) in [6.07, 6.45) is 0. The van der Waals surface area contributed by atoms with Gasteiger partial charge in [-0.2, -0.15) is 5.10 Å². The highest BCUT2D eigenvalue weighted by atomic mass is 16.5. The van der Waals surface area contributed by atoms with Crippen molar-refractivity contribution in [1.82, 2.24) is 5.43 Å². The molecule has 0 aromatic heterocycles. The molecule has 144 valence electrons. The summed E-state index contributed by atoms with van der Waals surface area (Å²) in [6, 6.07) is 22.6. The van der Waals surface area contributed by atoms with Crippen LogP contribution in [0.1, 0.15) is 22.8 Å². The lowest BCUT2D eigenvalue weighted by Gasteiger charge is -2.08. The van der Waals surface area contributed by atoms with Gasteiger partial charge in [0.1, 0.15) is 11.5 Å². The van der Waals surface area contributed by atoms with E-state index in [-0.39, 0.29) is 11.3 Å². The van der Waals surface area contributed by atoms with Crippen molar-refractivity contribution >= 4 is 33.2 Å². The van der Waals surface area contributed by atoms with Crippen LogP contribution in [0, 0.1) is 0 Å². The van der Waals surface area contributed by atoms with Crippen LogP contribution in [0.15, 0.2) is 77.9 Å². The Hall–Kier alpha value is -3.86. The van der Waals surface area contributed by atoms with E-state index in [1.54, 1.807) is 19.2 Å². The number of rotatable bonds is 4. The van der Waals surface area contributed by atoms with Gasteiger partial charge in [0.25, 0.3) is 5.91 Å². The topological polar surface area (TPSA) is 70.9 Å². The minimum atomic E-state index is -0.460. The number of carbonyl (C=O) groups excluding carboxylic acids is 1. The van der Waals surface area contributed by atoms with Crippen LogP contribution in [-0.2, 0) is 0 Å². The first-order valence-electron chi connectivity index (χ1n) is 9.20. The third kappa shape index (κ3) is 3.75. The van der Waals surface area contributed by atoms with Gasteiger partial charge in [0, 0.05) is 0 Å². The zero-order chi connectivity index (χ0) is 20.4. The van der Waals surface area contributed by atoms with Crippen molar-refractivity contribution in [1.29, 1.82) is 0 Å². The molecule has 4 aromatic rings. The van der Waals surface area contributed by atoms with Crippen LogP contribution in [0.4, 0.5) is 0 Å². The van der Waals surface area contributed by atoms with E-state index >= 15 is 0 Å². The zero-order valence-corrected chi connectivity index (χ0v) is 16.1. The number of nitrogens with zero attached hydrogens (tertiary/aromatic N) is 1. The molecule has 0 unspecified atom stereocenters. The number of hydrogen-bond acceptors (Lipinski definition) is 4. The summed E-state index contributed by atoms with van der Waals surface area (Å²) in [4.78, 5) is 12.5. The maximum atomic E-state index is 12.5. The van der Waals surface area contributed by atoms with Crippen molar-refractivity contribution in [3.8, 4) is 11.5 Å². The van der Waals surface area contributed by atoms with Crippen LogP contribution in [0.5, 0.6) is 11.5 Å². The monoisotopic (exact) mass is 384 g/mol. The SMILES string of the molecule is COc1ccc2cc(C(C)=NNC(=O)c3cc4ccccc4cc3O)ccc2c1. The van der Waals surface area contributed by atoms with Gasteiger partial charge in [-0.05, 0) is 64.4 Å². The fourth-order valence-electron chi connectivity index (χ4n) is 3.25. The molecule has 29 heavy (non-hydrogen) atoms. The minimum Gasteiger partial charge on any atom is -0.507 e. The van der Waals surface area contributed by atoms with Gasteiger partial charge in [0.05, 0.1) is 18.4 Å². The quantitative estimate of drug-likeness (QED) is 0.390. The van der Waals surface area contributed by atoms with E-state index < -0.39 is 5.91 Å². The van der Waals surface area contributed by atoms with Gasteiger partial charge in [0.15, 0.2) is 0 Å². The van der Waals surface area contributed by atoms with Crippen LogP contribution in [0.2, 0.25) is 0 Å². The lowest BCUT2D eigenvalue weighted by Crippen LogP contribution is -2.19. The standard InChI is InChI=1S/C24H20N2O3/c1-15(16-7-8-20-12-21(29-2)10-9-19(20)11-16)25-26-24(28)22-13-17-5-3-4-6-18(17)14-23(22)27/h3-14,27H,1-2H3,(H,26,28). The number of nitrogens with one attached hydrogen (secondary N) is 1. The molecule has 0 aliphatic heterocycles. The first kappa shape index (κ1) is 18.5. The lowest BCUT2D eigenvalue weighted by molar-refractivity contribution is 0.0952. The second-order valence-corrected chi connectivity index (χ2v) is 6.78. The maximum absolute atomic E-state index is 12.5. The Morgan fingerprint density at radius 1 is 0.897 bits per heavy atom. The van der Waals surface area contributed by atoms with Crippen molar-refractivity contribution in [3.05, 3.63) is 83.9 Å². The summed E-state index contributed by atoms with van der Waals surface area (Å²) in [6.45, 7) is 1.82. The molecule has 1 amide bonds. The number of aromatic hydroxyl groups is 1. The molecule has 0 atom stereocenters. The molecule has 0 saturated heterocycles. The molecule has 0 heterocycles. The average molecular weight is 384 g/mol. The Morgan fingerprint density at radius 3 is 2.31 bits per heavy atom. The summed E-state index contributed by atoms with van der Waals surface area (Å²) in [5, 5.41) is 18.3. The summed E-state index contributed by atoms with van der Waals surface area (Å²) >= 11 is 0. The Balaban J connectivity index is 1.57. The lowest BCUT2D eigenvalue weighted by atomic mass is 10.0. The number of phenolic OH excluding ortho intramolecular Hbond substituents is 1. The maximum Gasteiger partial charge on any atom is 0.275 e. The third-order valence-corrected chi connectivity index (χ3v) is 4.90. The molecule has 5 heteroatoms. The molecule has 0 bridgehead atoms. The van der Waals surface area contributed by atoms with Crippen molar-refractivity contribution in [3.63, 3.8) is 0 Å². The molecule has 0 spiro atoms. The van der Waals surface area contributed by atoms with Crippen LogP contribution >= 0.6 is 0 Å². The Bertz CT molecular complexity index is 1260. The molecule has 0 aliphatic carbocycles. The van der Waals surface area contributed by atoms with E-state index in [0.29, 0.717) is 5.71 Å². The Morgan fingerprint density at radius 2 is 1.55 bits per heavy atom. The molecule has 2 N–H and O–H groups in total. The average Bonchev–Trinajstić information content (AvgIpc) is 2.75. The first-order valence-corrected chi connectivity index (χ1v) is 9.20. The van der Waals surface area contributed by atoms with Crippen LogP contribution in [0.25, 0.3) is 21.5 Å². The smallest absolute Gasteiger partial charge is 0.275 e.